The Labute approximate surface area is 204 Å². The molecule has 0 aliphatic heterocycles. The van der Waals surface area contributed by atoms with Crippen LogP contribution in [0.4, 0.5) is 17.1 Å². The Morgan fingerprint density at radius 3 is 2.16 bits per heavy atom. The van der Waals surface area contributed by atoms with Crippen LogP contribution in [0.3, 0.4) is 0 Å². The first-order chi connectivity index (χ1) is 14.8. The number of hydrogen-bond acceptors (Lipinski definition) is 4. The van der Waals surface area contributed by atoms with Crippen molar-refractivity contribution < 1.29 is 25.6 Å². The maximum Gasteiger partial charge on any atom is 2.00 e. The molecule has 0 saturated heterocycles. The van der Waals surface area contributed by atoms with E-state index in [-0.39, 0.29) is 21.1 Å². The van der Waals surface area contributed by atoms with Crippen LogP contribution in [0, 0.1) is 12.1 Å². The molecule has 6 heteroatoms. The number of nitrogens with zero attached hydrogens (tertiary/aromatic N) is 3. The van der Waals surface area contributed by atoms with E-state index >= 15 is 0 Å². The van der Waals surface area contributed by atoms with Crippen molar-refractivity contribution in [3.05, 3.63) is 102 Å². The van der Waals surface area contributed by atoms with Gasteiger partial charge in [0.25, 0.3) is 0 Å². The first-order valence-electron chi connectivity index (χ1n) is 9.53. The Morgan fingerprint density at radius 2 is 1.52 bits per heavy atom. The Hall–Kier alpha value is -2.59. The Morgan fingerprint density at radius 1 is 0.806 bits per heavy atom. The van der Waals surface area contributed by atoms with Crippen molar-refractivity contribution in [2.24, 2.45) is 7.05 Å². The predicted molar refractivity (Wildman–Crippen MR) is 124 cm³/mol. The largest absolute Gasteiger partial charge is 2.00 e. The normalized spacial score (nSPS) is 10.5. The summed E-state index contributed by atoms with van der Waals surface area (Å²) in [6.45, 7) is 0. The molecule has 0 spiro atoms. The van der Waals surface area contributed by atoms with Gasteiger partial charge in [-0.1, -0.05) is 23.8 Å². The predicted octanol–water partition coefficient (Wildman–Crippen LogP) is 6.43. The van der Waals surface area contributed by atoms with Gasteiger partial charge in [0, 0.05) is 22.3 Å². The van der Waals surface area contributed by atoms with E-state index in [2.05, 4.69) is 106 Å². The summed E-state index contributed by atoms with van der Waals surface area (Å²) in [6.07, 6.45) is 3.90. The Kier molecular flexibility index (Phi) is 6.76. The van der Waals surface area contributed by atoms with Crippen LogP contribution in [-0.2, 0) is 28.1 Å². The number of hydrogen-bond donors (Lipinski definition) is 0. The molecule has 31 heavy (non-hydrogen) atoms. The van der Waals surface area contributed by atoms with E-state index in [1.807, 2.05) is 17.6 Å². The molecule has 0 bridgehead atoms. The number of benzene rings is 3. The van der Waals surface area contributed by atoms with Gasteiger partial charge in [-0.05, 0) is 23.5 Å². The topological polar surface area (TPSA) is 20.0 Å². The molecular weight excluding hydrogens is 602 g/mol. The third-order valence-corrected chi connectivity index (χ3v) is 6.53. The minimum absolute atomic E-state index is 0. The molecule has 3 aromatic carbocycles. The fraction of sp³-hybridized carbons (Fsp3) is 0.0400. The Bertz CT molecular complexity index is 1270. The fourth-order valence-electron chi connectivity index (χ4n) is 3.36. The van der Waals surface area contributed by atoms with Crippen molar-refractivity contribution in [2.75, 3.05) is 4.90 Å². The van der Waals surface area contributed by atoms with Crippen LogP contribution in [0.5, 0.6) is 0 Å². The van der Waals surface area contributed by atoms with Crippen molar-refractivity contribution in [1.29, 1.82) is 0 Å². The number of rotatable bonds is 5. The zero-order chi connectivity index (χ0) is 20.3. The van der Waals surface area contributed by atoms with Crippen molar-refractivity contribution in [2.45, 2.75) is 0 Å². The van der Waals surface area contributed by atoms with Gasteiger partial charge in [0.15, 0.2) is 11.2 Å². The van der Waals surface area contributed by atoms with Gasteiger partial charge >= 0.3 is 21.1 Å². The molecule has 2 aromatic heterocycles. The molecule has 0 fully saturated rings. The van der Waals surface area contributed by atoms with Gasteiger partial charge < -0.3 is 4.90 Å². The minimum atomic E-state index is 0. The van der Waals surface area contributed by atoms with Gasteiger partial charge in [0.2, 0.25) is 0 Å². The van der Waals surface area contributed by atoms with Crippen LogP contribution >= 0.6 is 22.7 Å². The molecule has 5 rings (SSSR count). The summed E-state index contributed by atoms with van der Waals surface area (Å²) in [5, 5.41) is 6.22. The standard InChI is InChI=1S/C25H18N3S2.Pt/c1-27-14-16-30-25(27)20-8-6-12-23(18-20)28(21-9-3-2-4-10-21)22-11-5-7-19(17-22)24-26-13-15-29-24;/h2-16H,1H3;/q-1;+2. The van der Waals surface area contributed by atoms with Crippen LogP contribution in [0.1, 0.15) is 0 Å². The number of thiazole rings is 2. The number of para-hydroxylation sites is 1. The van der Waals surface area contributed by atoms with Crippen LogP contribution in [0.2, 0.25) is 0 Å². The molecule has 0 saturated carbocycles. The molecule has 0 amide bonds. The van der Waals surface area contributed by atoms with E-state index in [4.69, 9.17) is 0 Å². The fourth-order valence-corrected chi connectivity index (χ4v) is 4.82. The van der Waals surface area contributed by atoms with E-state index in [1.165, 1.54) is 5.01 Å². The van der Waals surface area contributed by atoms with Crippen molar-refractivity contribution in [3.63, 3.8) is 0 Å². The number of anilines is 3. The van der Waals surface area contributed by atoms with Gasteiger partial charge in [-0.25, -0.2) is 4.57 Å². The third kappa shape index (κ3) is 4.54. The van der Waals surface area contributed by atoms with E-state index < -0.39 is 0 Å². The van der Waals surface area contributed by atoms with Crippen LogP contribution in [0.25, 0.3) is 21.1 Å². The summed E-state index contributed by atoms with van der Waals surface area (Å²) in [5.41, 5.74) is 5.05. The van der Waals surface area contributed by atoms with Gasteiger partial charge in [-0.2, -0.15) is 11.3 Å². The van der Waals surface area contributed by atoms with Gasteiger partial charge in [0.1, 0.15) is 7.05 Å². The zero-order valence-electron chi connectivity index (χ0n) is 16.6. The molecule has 3 nitrogen and oxygen atoms in total. The first kappa shape index (κ1) is 21.6. The minimum Gasteiger partial charge on any atom is -0.346 e. The van der Waals surface area contributed by atoms with Gasteiger partial charge in [-0.15, -0.1) is 65.4 Å². The zero-order valence-corrected chi connectivity index (χ0v) is 20.5. The van der Waals surface area contributed by atoms with Gasteiger partial charge in [-0.3, -0.25) is 4.98 Å². The summed E-state index contributed by atoms with van der Waals surface area (Å²) in [4.78, 5) is 6.64. The second-order valence-corrected chi connectivity index (χ2v) is 8.52. The second kappa shape index (κ2) is 9.69. The summed E-state index contributed by atoms with van der Waals surface area (Å²) in [7, 11) is 2.06. The SMILES string of the molecule is C[n+]1ccsc1-c1[c-]c(N(c2[c-]c(-c3nccs3)ccc2)c2ccccc2)ccc1.[Pt+2]. The van der Waals surface area contributed by atoms with Gasteiger partial charge in [0.05, 0.1) is 5.38 Å². The smallest absolute Gasteiger partial charge is 0.346 e. The van der Waals surface area contributed by atoms with Crippen LogP contribution < -0.4 is 9.47 Å². The quantitative estimate of drug-likeness (QED) is 0.167. The summed E-state index contributed by atoms with van der Waals surface area (Å²) < 4.78 is 2.13. The average molecular weight is 620 g/mol. The maximum atomic E-state index is 4.45. The monoisotopic (exact) mass is 619 g/mol. The Balaban J connectivity index is 0.00000231. The summed E-state index contributed by atoms with van der Waals surface area (Å²) in [5.74, 6) is 0. The van der Waals surface area contributed by atoms with Crippen molar-refractivity contribution >= 4 is 39.7 Å². The molecule has 154 valence electrons. The average Bonchev–Trinajstić information content (AvgIpc) is 3.47. The van der Waals surface area contributed by atoms with E-state index in [0.717, 1.165) is 33.2 Å². The molecular formula is C25H18N3PtS2+. The molecule has 0 unspecified atom stereocenters. The maximum absolute atomic E-state index is 4.45. The molecule has 0 aliphatic rings. The third-order valence-electron chi connectivity index (χ3n) is 4.73. The summed E-state index contributed by atoms with van der Waals surface area (Å²) in [6, 6.07) is 30.0. The van der Waals surface area contributed by atoms with E-state index in [9.17, 15) is 0 Å². The van der Waals surface area contributed by atoms with E-state index in [0.29, 0.717) is 0 Å². The second-order valence-electron chi connectivity index (χ2n) is 6.73. The van der Waals surface area contributed by atoms with Crippen molar-refractivity contribution in [1.82, 2.24) is 4.98 Å². The first-order valence-corrected chi connectivity index (χ1v) is 11.3. The summed E-state index contributed by atoms with van der Waals surface area (Å²) >= 11 is 3.33. The molecule has 0 radical (unpaired) electrons. The number of aromatic nitrogens is 2. The molecule has 0 aliphatic carbocycles. The van der Waals surface area contributed by atoms with Crippen LogP contribution in [-0.4, -0.2) is 4.98 Å². The molecule has 0 N–H and O–H groups in total. The molecule has 0 atom stereocenters. The van der Waals surface area contributed by atoms with Crippen molar-refractivity contribution in [3.8, 4) is 21.1 Å². The molecule has 5 aromatic rings. The number of aryl methyl sites for hydroxylation is 1. The van der Waals surface area contributed by atoms with Crippen LogP contribution in [0.15, 0.2) is 89.9 Å². The van der Waals surface area contributed by atoms with E-state index in [1.54, 1.807) is 22.7 Å². The molecule has 2 heterocycles.